The fourth-order valence-electron chi connectivity index (χ4n) is 9.78. The standard InChI is InChI=1S/C51H51N7S6/c1-7-11-17-30(9-3)25-51(26-31(10-4)18-12-8-2)34-23-40(44-42(56-59-6)29(5)32(27-52-44)49-54-36-19-13-15-21-38(36)62-49)60-47(34)48-35(51)24-41(61-48)45-46-43(57-64-58-46)33(28-53-45)50-55-37-20-14-16-22-39(37)63-50/h13-16,19-24,27-28,30-31H,5,7-12,17-18,25-26H2,1-4,6H3/b56-42+. The topological polar surface area (TPSA) is 89.2 Å². The molecule has 8 aromatic rings. The van der Waals surface area contributed by atoms with Gasteiger partial charge >= 0.3 is 0 Å². The number of aromatic nitrogens is 5. The Morgan fingerprint density at radius 3 is 1.95 bits per heavy atom. The largest absolute Gasteiger partial charge is 0.252 e. The van der Waals surface area contributed by atoms with Gasteiger partial charge in [-0.3, -0.25) is 9.98 Å². The Hall–Kier alpha value is -4.24. The minimum absolute atomic E-state index is 0.150. The van der Waals surface area contributed by atoms with Crippen LogP contribution < -0.4 is 0 Å². The van der Waals surface area contributed by atoms with Gasteiger partial charge in [-0.05, 0) is 84.2 Å². The van der Waals surface area contributed by atoms with Crippen LogP contribution in [0, 0.1) is 11.8 Å². The van der Waals surface area contributed by atoms with Crippen LogP contribution in [-0.4, -0.2) is 41.4 Å². The summed E-state index contributed by atoms with van der Waals surface area (Å²) in [5.74, 6) is 1.21. The molecule has 326 valence electrons. The lowest BCUT2D eigenvalue weighted by Crippen LogP contribution is -2.31. The van der Waals surface area contributed by atoms with Crippen molar-refractivity contribution in [2.45, 2.75) is 97.3 Å². The van der Waals surface area contributed by atoms with Gasteiger partial charge in [0.15, 0.2) is 0 Å². The number of pyridine rings is 1. The number of thiazole rings is 2. The molecule has 7 nitrogen and oxygen atoms in total. The highest BCUT2D eigenvalue weighted by molar-refractivity contribution is 7.97. The normalized spacial score (nSPS) is 17.7. The predicted molar refractivity (Wildman–Crippen MR) is 281 cm³/mol. The molecule has 0 bridgehead atoms. The highest BCUT2D eigenvalue weighted by atomic mass is 32.2. The Labute approximate surface area is 400 Å². The van der Waals surface area contributed by atoms with Gasteiger partial charge in [-0.15, -0.1) is 45.3 Å². The molecule has 1 aliphatic carbocycles. The molecule has 0 saturated heterocycles. The van der Waals surface area contributed by atoms with E-state index >= 15 is 0 Å². The van der Waals surface area contributed by atoms with Crippen LogP contribution in [0.3, 0.4) is 0 Å². The molecule has 13 heteroatoms. The zero-order valence-corrected chi connectivity index (χ0v) is 41.8. The van der Waals surface area contributed by atoms with E-state index in [1.165, 1.54) is 95.9 Å². The van der Waals surface area contributed by atoms with Crippen molar-refractivity contribution in [2.24, 2.45) is 21.2 Å². The molecule has 0 radical (unpaired) electrons. The first-order valence-electron chi connectivity index (χ1n) is 22.6. The maximum atomic E-state index is 5.26. The summed E-state index contributed by atoms with van der Waals surface area (Å²) < 4.78 is 17.2. The van der Waals surface area contributed by atoms with Crippen LogP contribution in [0.2, 0.25) is 0 Å². The molecule has 2 unspecified atom stereocenters. The Morgan fingerprint density at radius 1 is 0.734 bits per heavy atom. The minimum atomic E-state index is -0.150. The highest BCUT2D eigenvalue weighted by Gasteiger charge is 2.48. The van der Waals surface area contributed by atoms with E-state index < -0.39 is 0 Å². The predicted octanol–water partition coefficient (Wildman–Crippen LogP) is 16.4. The van der Waals surface area contributed by atoms with Gasteiger partial charge in [0.05, 0.1) is 47.5 Å². The van der Waals surface area contributed by atoms with Crippen molar-refractivity contribution in [3.05, 3.63) is 106 Å². The van der Waals surface area contributed by atoms with Crippen molar-refractivity contribution >= 4 is 117 Å². The number of hydrogen-bond acceptors (Lipinski definition) is 13. The van der Waals surface area contributed by atoms with Crippen LogP contribution in [-0.2, 0) is 5.41 Å². The highest BCUT2D eigenvalue weighted by Crippen LogP contribution is 2.62. The molecule has 1 aliphatic heterocycles. The molecule has 0 saturated carbocycles. The fourth-order valence-corrected chi connectivity index (χ4v) is 15.4. The molecule has 6 aromatic heterocycles. The first-order valence-corrected chi connectivity index (χ1v) is 27.8. The van der Waals surface area contributed by atoms with Crippen molar-refractivity contribution in [1.29, 1.82) is 0 Å². The number of rotatable bonds is 17. The monoisotopic (exact) mass is 953 g/mol. The summed E-state index contributed by atoms with van der Waals surface area (Å²) in [5.41, 5.74) is 11.9. The van der Waals surface area contributed by atoms with E-state index in [4.69, 9.17) is 33.1 Å². The Kier molecular flexibility index (Phi) is 12.7. The molecule has 2 aromatic carbocycles. The molecule has 0 amide bonds. The summed E-state index contributed by atoms with van der Waals surface area (Å²) in [6.07, 6.45) is 18.0. The van der Waals surface area contributed by atoms with Crippen LogP contribution in [0.5, 0.6) is 0 Å². The second-order valence-electron chi connectivity index (χ2n) is 17.1. The zero-order chi connectivity index (χ0) is 44.0. The zero-order valence-electron chi connectivity index (χ0n) is 36.9. The van der Waals surface area contributed by atoms with E-state index in [1.807, 2.05) is 53.5 Å². The number of unbranched alkanes of at least 4 members (excludes halogenated alkanes) is 2. The first kappa shape index (κ1) is 43.6. The van der Waals surface area contributed by atoms with Gasteiger partial charge in [-0.2, -0.15) is 8.75 Å². The lowest BCUT2D eigenvalue weighted by molar-refractivity contribution is 0.266. The average molecular weight is 954 g/mol. The van der Waals surface area contributed by atoms with Crippen LogP contribution in [0.25, 0.3) is 67.9 Å². The van der Waals surface area contributed by atoms with Crippen molar-refractivity contribution < 1.29 is 0 Å². The summed E-state index contributed by atoms with van der Waals surface area (Å²) in [7, 11) is 0. The molecule has 10 rings (SSSR count). The van der Waals surface area contributed by atoms with Gasteiger partial charge in [0.1, 0.15) is 38.2 Å². The molecule has 0 fully saturated rings. The third-order valence-corrected chi connectivity index (χ3v) is 18.7. The third kappa shape index (κ3) is 7.77. The Morgan fingerprint density at radius 2 is 1.33 bits per heavy atom. The molecule has 2 aliphatic rings. The van der Waals surface area contributed by atoms with Gasteiger partial charge in [-0.1, -0.05) is 110 Å². The van der Waals surface area contributed by atoms with E-state index in [1.54, 1.807) is 22.7 Å². The van der Waals surface area contributed by atoms with Gasteiger partial charge in [0.2, 0.25) is 0 Å². The summed E-state index contributed by atoms with van der Waals surface area (Å²) in [6.45, 7) is 14.1. The number of benzene rings is 2. The summed E-state index contributed by atoms with van der Waals surface area (Å²) in [4.78, 5) is 25.5. The number of allylic oxidation sites excluding steroid dienone is 2. The maximum Gasteiger partial charge on any atom is 0.132 e. The van der Waals surface area contributed by atoms with Crippen LogP contribution >= 0.6 is 69.0 Å². The summed E-state index contributed by atoms with van der Waals surface area (Å²) >= 11 is 9.85. The van der Waals surface area contributed by atoms with Crippen molar-refractivity contribution in [3.8, 4) is 30.9 Å². The van der Waals surface area contributed by atoms with E-state index in [0.29, 0.717) is 11.8 Å². The van der Waals surface area contributed by atoms with Gasteiger partial charge in [0, 0.05) is 45.0 Å². The molecule has 64 heavy (non-hydrogen) atoms. The van der Waals surface area contributed by atoms with Crippen molar-refractivity contribution in [3.63, 3.8) is 0 Å². The van der Waals surface area contributed by atoms with Crippen LogP contribution in [0.1, 0.15) is 113 Å². The van der Waals surface area contributed by atoms with E-state index in [9.17, 15) is 0 Å². The Bertz CT molecular complexity index is 3030. The lowest BCUT2D eigenvalue weighted by Gasteiger charge is -2.37. The number of para-hydroxylation sites is 2. The Balaban J connectivity index is 1.14. The van der Waals surface area contributed by atoms with Crippen LogP contribution in [0.15, 0.2) is 94.6 Å². The van der Waals surface area contributed by atoms with Gasteiger partial charge in [-0.25, -0.2) is 14.4 Å². The molecule has 2 atom stereocenters. The number of hydrogen-bond donors (Lipinski definition) is 0. The maximum absolute atomic E-state index is 5.26. The smallest absolute Gasteiger partial charge is 0.132 e. The van der Waals surface area contributed by atoms with Gasteiger partial charge in [0.25, 0.3) is 0 Å². The average Bonchev–Trinajstić information content (AvgIpc) is 4.18. The quantitative estimate of drug-likeness (QED) is 0.0845. The van der Waals surface area contributed by atoms with E-state index in [0.717, 1.165) is 97.9 Å². The molecule has 7 heterocycles. The molecular formula is C51H51N7S6. The summed E-state index contributed by atoms with van der Waals surface area (Å²) in [6, 6.07) is 21.6. The number of aliphatic imine (C=N–C) groups is 1. The second kappa shape index (κ2) is 18.6. The summed E-state index contributed by atoms with van der Waals surface area (Å²) in [5, 5.41) is 1.85. The molecule has 0 N–H and O–H groups in total. The van der Waals surface area contributed by atoms with E-state index in [-0.39, 0.29) is 5.41 Å². The number of thiophene rings is 2. The van der Waals surface area contributed by atoms with Crippen molar-refractivity contribution in [2.75, 3.05) is 6.26 Å². The molecule has 0 spiro atoms. The lowest BCUT2D eigenvalue weighted by atomic mass is 9.65. The third-order valence-electron chi connectivity index (χ3n) is 13.2. The van der Waals surface area contributed by atoms with Crippen LogP contribution in [0.4, 0.5) is 0 Å². The number of fused-ring (bicyclic) bond motifs is 6. The number of nitrogens with zero attached hydrogens (tertiary/aromatic N) is 7. The first-order chi connectivity index (χ1) is 31.4. The fraction of sp³-hybridized carbons (Fsp3) is 0.353. The minimum Gasteiger partial charge on any atom is -0.252 e. The molecular weight excluding hydrogens is 903 g/mol. The second-order valence-corrected chi connectivity index (χ2v) is 22.3. The van der Waals surface area contributed by atoms with Gasteiger partial charge < -0.3 is 0 Å². The van der Waals surface area contributed by atoms with E-state index in [2.05, 4.69) is 82.8 Å². The van der Waals surface area contributed by atoms with Crippen molar-refractivity contribution in [1.82, 2.24) is 23.7 Å². The SMILES string of the molecule is C=C1C(c2nc3ccccc3s2)=CN=C(c2cc3c(s2)-c2sc(-c4ncc(-c5nc6ccccc6s5)c5nsnc45)cc2C3(CC(CC)CCCC)CC(CC)CCCC)/C1=N/SC.